The maximum absolute atomic E-state index is 12.1. The zero-order valence-corrected chi connectivity index (χ0v) is 13.5. The molecule has 7 nitrogen and oxygen atoms in total. The molecule has 1 amide bonds. The third-order valence-electron chi connectivity index (χ3n) is 3.61. The minimum absolute atomic E-state index is 0.0427. The van der Waals surface area contributed by atoms with E-state index in [0.717, 1.165) is 6.07 Å². The number of hydrogen-bond acceptors (Lipinski definition) is 5. The van der Waals surface area contributed by atoms with Gasteiger partial charge in [-0.15, -0.1) is 0 Å². The van der Waals surface area contributed by atoms with Crippen LogP contribution < -0.4 is 10.7 Å². The Labute approximate surface area is 147 Å². The average molecular weight is 347 g/mol. The number of esters is 1. The van der Waals surface area contributed by atoms with Crippen molar-refractivity contribution in [2.45, 2.75) is 0 Å². The molecule has 1 heterocycles. The Morgan fingerprint density at radius 1 is 1.12 bits per heavy atom. The van der Waals surface area contributed by atoms with E-state index < -0.39 is 18.5 Å². The van der Waals surface area contributed by atoms with E-state index in [2.05, 4.69) is 10.3 Å². The first kappa shape index (κ1) is 16.9. The van der Waals surface area contributed by atoms with Crippen LogP contribution in [0.1, 0.15) is 16.1 Å². The largest absolute Gasteiger partial charge is 0.451 e. The van der Waals surface area contributed by atoms with Crippen molar-refractivity contribution in [1.82, 2.24) is 4.98 Å². The predicted octanol–water partition coefficient (Wildman–Crippen LogP) is 2.20. The second-order valence-corrected chi connectivity index (χ2v) is 5.37. The number of nitrogens with one attached hydrogen (secondary N) is 2. The van der Waals surface area contributed by atoms with Gasteiger partial charge in [-0.2, -0.15) is 5.26 Å². The molecule has 0 radical (unpaired) electrons. The Hall–Kier alpha value is -3.92. The van der Waals surface area contributed by atoms with Crippen molar-refractivity contribution in [3.8, 4) is 6.07 Å². The molecular weight excluding hydrogens is 334 g/mol. The van der Waals surface area contributed by atoms with Crippen LogP contribution in [-0.2, 0) is 9.53 Å². The first-order chi connectivity index (χ1) is 12.6. The first-order valence-electron chi connectivity index (χ1n) is 7.66. The molecule has 3 aromatic rings. The lowest BCUT2D eigenvalue weighted by molar-refractivity contribution is -0.119. The molecule has 0 spiro atoms. The summed E-state index contributed by atoms with van der Waals surface area (Å²) in [7, 11) is 0. The van der Waals surface area contributed by atoms with Crippen LogP contribution in [0.4, 0.5) is 5.69 Å². The number of para-hydroxylation sites is 2. The van der Waals surface area contributed by atoms with E-state index in [9.17, 15) is 14.4 Å². The molecule has 1 aromatic heterocycles. The third kappa shape index (κ3) is 3.60. The van der Waals surface area contributed by atoms with Crippen molar-refractivity contribution in [3.05, 3.63) is 76.1 Å². The van der Waals surface area contributed by atoms with Crippen molar-refractivity contribution in [1.29, 1.82) is 5.26 Å². The number of H-pyrrole nitrogens is 1. The highest BCUT2D eigenvalue weighted by Gasteiger charge is 2.14. The number of carbonyl (C=O) groups is 2. The van der Waals surface area contributed by atoms with Crippen LogP contribution in [0.25, 0.3) is 10.9 Å². The zero-order chi connectivity index (χ0) is 18.5. The highest BCUT2D eigenvalue weighted by Crippen LogP contribution is 2.13. The van der Waals surface area contributed by atoms with E-state index in [1.807, 2.05) is 6.07 Å². The number of carbonyl (C=O) groups excluding carboxylic acids is 2. The van der Waals surface area contributed by atoms with Crippen LogP contribution in [0.15, 0.2) is 59.4 Å². The van der Waals surface area contributed by atoms with Crippen molar-refractivity contribution in [3.63, 3.8) is 0 Å². The van der Waals surface area contributed by atoms with Crippen LogP contribution in [0.5, 0.6) is 0 Å². The fourth-order valence-electron chi connectivity index (χ4n) is 2.39. The van der Waals surface area contributed by atoms with Crippen LogP contribution >= 0.6 is 0 Å². The smallest absolute Gasteiger partial charge is 0.355 e. The van der Waals surface area contributed by atoms with Crippen LogP contribution in [0, 0.1) is 11.3 Å². The maximum Gasteiger partial charge on any atom is 0.355 e. The number of aromatic nitrogens is 1. The topological polar surface area (TPSA) is 112 Å². The van der Waals surface area contributed by atoms with Crippen LogP contribution in [0.2, 0.25) is 0 Å². The van der Waals surface area contributed by atoms with Gasteiger partial charge in [0.05, 0.1) is 11.3 Å². The van der Waals surface area contributed by atoms with Crippen LogP contribution in [-0.4, -0.2) is 23.5 Å². The van der Waals surface area contributed by atoms with E-state index in [1.165, 1.54) is 0 Å². The van der Waals surface area contributed by atoms with Gasteiger partial charge < -0.3 is 15.0 Å². The molecule has 2 aromatic carbocycles. The number of nitriles is 1. The highest BCUT2D eigenvalue weighted by atomic mass is 16.5. The van der Waals surface area contributed by atoms with Gasteiger partial charge in [0.15, 0.2) is 12.0 Å². The number of amides is 1. The molecule has 128 valence electrons. The quantitative estimate of drug-likeness (QED) is 0.703. The molecule has 2 N–H and O–H groups in total. The maximum atomic E-state index is 12.1. The van der Waals surface area contributed by atoms with Gasteiger partial charge in [-0.05, 0) is 24.3 Å². The lowest BCUT2D eigenvalue weighted by atomic mass is 10.2. The Balaban J connectivity index is 1.68. The molecule has 0 bridgehead atoms. The summed E-state index contributed by atoms with van der Waals surface area (Å²) in [6.07, 6.45) is 0. The number of pyridine rings is 1. The fraction of sp³-hybridized carbons (Fsp3) is 0.0526. The summed E-state index contributed by atoms with van der Waals surface area (Å²) in [6.45, 7) is -0.548. The van der Waals surface area contributed by atoms with Gasteiger partial charge in [0, 0.05) is 17.0 Å². The van der Waals surface area contributed by atoms with E-state index in [1.54, 1.807) is 48.5 Å². The molecule has 0 saturated carbocycles. The van der Waals surface area contributed by atoms with Crippen molar-refractivity contribution in [2.24, 2.45) is 0 Å². The van der Waals surface area contributed by atoms with E-state index >= 15 is 0 Å². The summed E-state index contributed by atoms with van der Waals surface area (Å²) >= 11 is 0. The van der Waals surface area contributed by atoms with Crippen molar-refractivity contribution >= 4 is 28.5 Å². The normalized spacial score (nSPS) is 10.1. The Morgan fingerprint density at radius 2 is 1.85 bits per heavy atom. The summed E-state index contributed by atoms with van der Waals surface area (Å²) < 4.78 is 4.94. The molecule has 0 aliphatic rings. The highest BCUT2D eigenvalue weighted by molar-refractivity contribution is 5.96. The minimum Gasteiger partial charge on any atom is -0.451 e. The minimum atomic E-state index is -0.823. The average Bonchev–Trinajstić information content (AvgIpc) is 2.66. The van der Waals surface area contributed by atoms with Crippen molar-refractivity contribution in [2.75, 3.05) is 11.9 Å². The van der Waals surface area contributed by atoms with Gasteiger partial charge in [0.25, 0.3) is 5.91 Å². The molecule has 0 fully saturated rings. The molecule has 0 saturated heterocycles. The zero-order valence-electron chi connectivity index (χ0n) is 13.5. The number of hydrogen-bond donors (Lipinski definition) is 2. The predicted molar refractivity (Wildman–Crippen MR) is 94.6 cm³/mol. The van der Waals surface area contributed by atoms with E-state index in [0.29, 0.717) is 22.2 Å². The monoisotopic (exact) mass is 347 g/mol. The first-order valence-corrected chi connectivity index (χ1v) is 7.66. The number of anilines is 1. The van der Waals surface area contributed by atoms with Gasteiger partial charge in [-0.1, -0.05) is 24.3 Å². The van der Waals surface area contributed by atoms with E-state index in [4.69, 9.17) is 10.00 Å². The van der Waals surface area contributed by atoms with Gasteiger partial charge in [0.2, 0.25) is 0 Å². The summed E-state index contributed by atoms with van der Waals surface area (Å²) in [4.78, 5) is 38.8. The number of rotatable bonds is 4. The van der Waals surface area contributed by atoms with Gasteiger partial charge in [0.1, 0.15) is 11.8 Å². The summed E-state index contributed by atoms with van der Waals surface area (Å²) in [5.41, 5.74) is 0.762. The summed E-state index contributed by atoms with van der Waals surface area (Å²) in [5.74, 6) is -1.42. The molecule has 0 aliphatic carbocycles. The molecular formula is C19H13N3O4. The lowest BCUT2D eigenvalue weighted by Gasteiger charge is -2.08. The summed E-state index contributed by atoms with van der Waals surface area (Å²) in [6, 6.07) is 16.3. The number of nitrogens with zero attached hydrogens (tertiary/aromatic N) is 1. The van der Waals surface area contributed by atoms with Gasteiger partial charge >= 0.3 is 5.97 Å². The van der Waals surface area contributed by atoms with E-state index in [-0.39, 0.29) is 11.1 Å². The molecule has 3 rings (SSSR count). The third-order valence-corrected chi connectivity index (χ3v) is 3.61. The lowest BCUT2D eigenvalue weighted by Crippen LogP contribution is -2.22. The standard InChI is InChI=1S/C19H13N3O4/c20-10-12-5-1-3-7-14(12)22-18(24)11-26-19(25)16-9-17(23)13-6-2-4-8-15(13)21-16/h1-9H,11H2,(H,21,23)(H,22,24). The second-order valence-electron chi connectivity index (χ2n) is 5.37. The van der Waals surface area contributed by atoms with Gasteiger partial charge in [-0.25, -0.2) is 4.79 Å². The van der Waals surface area contributed by atoms with Crippen LogP contribution in [0.3, 0.4) is 0 Å². The second kappa shape index (κ2) is 7.32. The number of aromatic amines is 1. The molecule has 26 heavy (non-hydrogen) atoms. The van der Waals surface area contributed by atoms with Gasteiger partial charge in [-0.3, -0.25) is 9.59 Å². The summed E-state index contributed by atoms with van der Waals surface area (Å²) in [5, 5.41) is 11.9. The Morgan fingerprint density at radius 3 is 2.65 bits per heavy atom. The number of benzene rings is 2. The molecule has 0 unspecified atom stereocenters. The SMILES string of the molecule is N#Cc1ccccc1NC(=O)COC(=O)c1cc(=O)c2ccccc2[nH]1. The number of ether oxygens (including phenoxy) is 1. The molecule has 0 atom stereocenters. The fourth-order valence-corrected chi connectivity index (χ4v) is 2.39. The number of fused-ring (bicyclic) bond motifs is 1. The van der Waals surface area contributed by atoms with Crippen molar-refractivity contribution < 1.29 is 14.3 Å². The Kier molecular flexibility index (Phi) is 4.76. The Bertz CT molecular complexity index is 1100. The molecule has 0 aliphatic heterocycles. The molecule has 7 heteroatoms.